The van der Waals surface area contributed by atoms with Gasteiger partial charge in [0.2, 0.25) is 0 Å². The maximum Gasteiger partial charge on any atom is 0.409 e. The molecule has 0 saturated carbocycles. The standard InChI is InChI=1S/C9H20N2O2/c1-10(2)7-5-6-8-11(3)9(12)13-4/h5-8H2,1-4H3. The molecule has 0 aliphatic rings. The number of hydrogen-bond acceptors (Lipinski definition) is 3. The van der Waals surface area contributed by atoms with Crippen molar-refractivity contribution in [2.75, 3.05) is 41.3 Å². The molecular formula is C9H20N2O2. The Morgan fingerprint density at radius 1 is 1.15 bits per heavy atom. The van der Waals surface area contributed by atoms with E-state index in [0.29, 0.717) is 0 Å². The van der Waals surface area contributed by atoms with Gasteiger partial charge in [0.1, 0.15) is 0 Å². The topological polar surface area (TPSA) is 32.8 Å². The third-order valence-electron chi connectivity index (χ3n) is 1.84. The van der Waals surface area contributed by atoms with Crippen LogP contribution in [0.1, 0.15) is 12.8 Å². The first-order valence-corrected chi connectivity index (χ1v) is 4.51. The van der Waals surface area contributed by atoms with E-state index in [2.05, 4.69) is 9.64 Å². The summed E-state index contributed by atoms with van der Waals surface area (Å²) >= 11 is 0. The van der Waals surface area contributed by atoms with Crippen LogP contribution in [0.3, 0.4) is 0 Å². The van der Waals surface area contributed by atoms with Crippen LogP contribution < -0.4 is 0 Å². The van der Waals surface area contributed by atoms with Gasteiger partial charge in [0, 0.05) is 13.6 Å². The Kier molecular flexibility index (Phi) is 6.32. The molecule has 0 N–H and O–H groups in total. The van der Waals surface area contributed by atoms with Crippen molar-refractivity contribution in [3.63, 3.8) is 0 Å². The highest BCUT2D eigenvalue weighted by atomic mass is 16.5. The maximum absolute atomic E-state index is 10.9. The van der Waals surface area contributed by atoms with Crippen LogP contribution in [0.25, 0.3) is 0 Å². The van der Waals surface area contributed by atoms with Gasteiger partial charge in [-0.15, -0.1) is 0 Å². The van der Waals surface area contributed by atoms with Gasteiger partial charge in [-0.3, -0.25) is 0 Å². The molecule has 0 spiro atoms. The molecular weight excluding hydrogens is 168 g/mol. The fraction of sp³-hybridized carbons (Fsp3) is 0.889. The lowest BCUT2D eigenvalue weighted by Gasteiger charge is -2.15. The second-order valence-electron chi connectivity index (χ2n) is 3.40. The van der Waals surface area contributed by atoms with Gasteiger partial charge in [-0.1, -0.05) is 0 Å². The smallest absolute Gasteiger partial charge is 0.409 e. The van der Waals surface area contributed by atoms with Crippen LogP contribution in [0.5, 0.6) is 0 Å². The molecule has 1 amide bonds. The Hall–Kier alpha value is -0.770. The number of amides is 1. The minimum Gasteiger partial charge on any atom is -0.453 e. The van der Waals surface area contributed by atoms with Gasteiger partial charge in [0.25, 0.3) is 0 Å². The van der Waals surface area contributed by atoms with E-state index in [0.717, 1.165) is 25.9 Å². The summed E-state index contributed by atoms with van der Waals surface area (Å²) in [4.78, 5) is 14.7. The van der Waals surface area contributed by atoms with Crippen molar-refractivity contribution in [1.29, 1.82) is 0 Å². The van der Waals surface area contributed by atoms with Gasteiger partial charge in [-0.2, -0.15) is 0 Å². The van der Waals surface area contributed by atoms with Gasteiger partial charge >= 0.3 is 6.09 Å². The van der Waals surface area contributed by atoms with Crippen LogP contribution >= 0.6 is 0 Å². The maximum atomic E-state index is 10.9. The quantitative estimate of drug-likeness (QED) is 0.604. The van der Waals surface area contributed by atoms with E-state index < -0.39 is 0 Å². The first-order chi connectivity index (χ1) is 6.07. The van der Waals surface area contributed by atoms with Crippen LogP contribution in [0.15, 0.2) is 0 Å². The first kappa shape index (κ1) is 12.2. The van der Waals surface area contributed by atoms with Crippen LogP contribution in [0.4, 0.5) is 4.79 Å². The second kappa shape index (κ2) is 6.71. The Labute approximate surface area is 80.5 Å². The van der Waals surface area contributed by atoms with Crippen LogP contribution in [-0.4, -0.2) is 57.2 Å². The van der Waals surface area contributed by atoms with E-state index in [1.54, 1.807) is 11.9 Å². The number of ether oxygens (including phenoxy) is 1. The van der Waals surface area contributed by atoms with E-state index in [-0.39, 0.29) is 6.09 Å². The zero-order valence-electron chi connectivity index (χ0n) is 9.04. The number of hydrogen-bond donors (Lipinski definition) is 0. The van der Waals surface area contributed by atoms with E-state index in [1.165, 1.54) is 7.11 Å². The molecule has 0 atom stereocenters. The summed E-state index contributed by atoms with van der Waals surface area (Å²) < 4.78 is 4.57. The van der Waals surface area contributed by atoms with E-state index in [9.17, 15) is 4.79 Å². The Bertz CT molecular complexity index is 149. The molecule has 0 aromatic carbocycles. The zero-order chi connectivity index (χ0) is 10.3. The van der Waals surface area contributed by atoms with Gasteiger partial charge in [-0.05, 0) is 33.5 Å². The Balaban J connectivity index is 3.37. The SMILES string of the molecule is COC(=O)N(C)CCCCN(C)C. The lowest BCUT2D eigenvalue weighted by atomic mass is 10.3. The minimum absolute atomic E-state index is 0.259. The molecule has 0 aliphatic carbocycles. The molecule has 0 radical (unpaired) electrons. The summed E-state index contributed by atoms with van der Waals surface area (Å²) in [5.74, 6) is 0. The number of methoxy groups -OCH3 is 1. The van der Waals surface area contributed by atoms with Crippen molar-refractivity contribution in [3.05, 3.63) is 0 Å². The first-order valence-electron chi connectivity index (χ1n) is 4.51. The average molecular weight is 188 g/mol. The zero-order valence-corrected chi connectivity index (χ0v) is 9.04. The van der Waals surface area contributed by atoms with Crippen molar-refractivity contribution in [2.45, 2.75) is 12.8 Å². The molecule has 0 bridgehead atoms. The molecule has 4 nitrogen and oxygen atoms in total. The highest BCUT2D eigenvalue weighted by Gasteiger charge is 2.06. The molecule has 0 fully saturated rings. The predicted molar refractivity (Wildman–Crippen MR) is 52.8 cm³/mol. The van der Waals surface area contributed by atoms with Crippen molar-refractivity contribution < 1.29 is 9.53 Å². The number of nitrogens with zero attached hydrogens (tertiary/aromatic N) is 2. The lowest BCUT2D eigenvalue weighted by Crippen LogP contribution is -2.28. The number of rotatable bonds is 5. The minimum atomic E-state index is -0.259. The summed E-state index contributed by atoms with van der Waals surface area (Å²) in [6.45, 7) is 1.83. The fourth-order valence-corrected chi connectivity index (χ4v) is 1.02. The molecule has 0 aliphatic heterocycles. The van der Waals surface area contributed by atoms with E-state index in [4.69, 9.17) is 0 Å². The third kappa shape index (κ3) is 6.40. The summed E-state index contributed by atoms with van der Waals surface area (Å²) in [6, 6.07) is 0. The normalized spacial score (nSPS) is 10.2. The molecule has 0 aromatic rings. The van der Waals surface area contributed by atoms with Crippen molar-refractivity contribution in [2.24, 2.45) is 0 Å². The number of unbranched alkanes of at least 4 members (excludes halogenated alkanes) is 1. The summed E-state index contributed by atoms with van der Waals surface area (Å²) in [5, 5.41) is 0. The van der Waals surface area contributed by atoms with Crippen LogP contribution in [0, 0.1) is 0 Å². The molecule has 4 heteroatoms. The molecule has 0 rings (SSSR count). The Morgan fingerprint density at radius 2 is 1.69 bits per heavy atom. The van der Waals surface area contributed by atoms with Crippen LogP contribution in [0.2, 0.25) is 0 Å². The van der Waals surface area contributed by atoms with E-state index in [1.807, 2.05) is 14.1 Å². The molecule has 0 heterocycles. The molecule has 13 heavy (non-hydrogen) atoms. The van der Waals surface area contributed by atoms with Gasteiger partial charge < -0.3 is 14.5 Å². The van der Waals surface area contributed by atoms with Crippen molar-refractivity contribution >= 4 is 6.09 Å². The Morgan fingerprint density at radius 3 is 2.15 bits per heavy atom. The largest absolute Gasteiger partial charge is 0.453 e. The fourth-order valence-electron chi connectivity index (χ4n) is 1.02. The summed E-state index contributed by atoms with van der Waals surface area (Å²) in [6.07, 6.45) is 1.86. The van der Waals surface area contributed by atoms with Gasteiger partial charge in [-0.25, -0.2) is 4.79 Å². The average Bonchev–Trinajstić information content (AvgIpc) is 2.10. The van der Waals surface area contributed by atoms with Crippen LogP contribution in [-0.2, 0) is 4.74 Å². The summed E-state index contributed by atoms with van der Waals surface area (Å²) in [5.41, 5.74) is 0. The second-order valence-corrected chi connectivity index (χ2v) is 3.40. The van der Waals surface area contributed by atoms with Gasteiger partial charge in [0.15, 0.2) is 0 Å². The predicted octanol–water partition coefficient (Wildman–Crippen LogP) is 1.03. The lowest BCUT2D eigenvalue weighted by molar-refractivity contribution is 0.132. The van der Waals surface area contributed by atoms with Gasteiger partial charge in [0.05, 0.1) is 7.11 Å². The number of carbonyl (C=O) groups excluding carboxylic acids is 1. The highest BCUT2D eigenvalue weighted by molar-refractivity contribution is 5.66. The van der Waals surface area contributed by atoms with Crippen molar-refractivity contribution in [1.82, 2.24) is 9.80 Å². The monoisotopic (exact) mass is 188 g/mol. The molecule has 0 aromatic heterocycles. The van der Waals surface area contributed by atoms with E-state index >= 15 is 0 Å². The highest BCUT2D eigenvalue weighted by Crippen LogP contribution is 1.95. The summed E-state index contributed by atoms with van der Waals surface area (Å²) in [7, 11) is 7.24. The molecule has 0 unspecified atom stereocenters. The van der Waals surface area contributed by atoms with Crippen molar-refractivity contribution in [3.8, 4) is 0 Å². The third-order valence-corrected chi connectivity index (χ3v) is 1.84. The molecule has 0 saturated heterocycles. The molecule has 78 valence electrons. The number of carbonyl (C=O) groups is 1.